The van der Waals surface area contributed by atoms with Gasteiger partial charge < -0.3 is 11.1 Å². The van der Waals surface area contributed by atoms with E-state index < -0.39 is 0 Å². The number of fused-ring (bicyclic) bond motifs is 1. The van der Waals surface area contributed by atoms with Gasteiger partial charge in [-0.05, 0) is 24.3 Å². The van der Waals surface area contributed by atoms with Gasteiger partial charge in [0.1, 0.15) is 6.07 Å². The summed E-state index contributed by atoms with van der Waals surface area (Å²) in [6.45, 7) is 0. The van der Waals surface area contributed by atoms with Crippen molar-refractivity contribution in [1.29, 1.82) is 5.26 Å². The van der Waals surface area contributed by atoms with Gasteiger partial charge in [0, 0.05) is 21.2 Å². The summed E-state index contributed by atoms with van der Waals surface area (Å²) in [6, 6.07) is 14.6. The van der Waals surface area contributed by atoms with Gasteiger partial charge in [-0.25, -0.2) is 0 Å². The number of nitrogens with two attached hydrogens (primary N) is 1. The summed E-state index contributed by atoms with van der Waals surface area (Å²) in [6.07, 6.45) is 0. The van der Waals surface area contributed by atoms with Crippen molar-refractivity contribution in [3.05, 3.63) is 59.0 Å². The van der Waals surface area contributed by atoms with E-state index in [4.69, 9.17) is 11.0 Å². The summed E-state index contributed by atoms with van der Waals surface area (Å²) in [4.78, 5) is 12.4. The monoisotopic (exact) mass is 293 g/mol. The number of thiophene rings is 1. The molecule has 1 aromatic heterocycles. The zero-order chi connectivity index (χ0) is 14.8. The van der Waals surface area contributed by atoms with Crippen LogP contribution in [0, 0.1) is 11.3 Å². The molecular weight excluding hydrogens is 282 g/mol. The number of nitrogens with one attached hydrogen (secondary N) is 1. The molecule has 3 N–H and O–H groups in total. The van der Waals surface area contributed by atoms with E-state index in [-0.39, 0.29) is 5.91 Å². The minimum atomic E-state index is -0.228. The van der Waals surface area contributed by atoms with Gasteiger partial charge in [-0.3, -0.25) is 4.79 Å². The van der Waals surface area contributed by atoms with E-state index in [0.29, 0.717) is 22.5 Å². The third-order valence-corrected chi connectivity index (χ3v) is 4.10. The molecule has 0 fully saturated rings. The van der Waals surface area contributed by atoms with Gasteiger partial charge >= 0.3 is 0 Å². The number of benzene rings is 2. The molecule has 0 aliphatic rings. The van der Waals surface area contributed by atoms with Gasteiger partial charge in [0.2, 0.25) is 0 Å². The van der Waals surface area contributed by atoms with Crippen LogP contribution in [0.1, 0.15) is 15.9 Å². The van der Waals surface area contributed by atoms with E-state index in [2.05, 4.69) is 5.32 Å². The van der Waals surface area contributed by atoms with Crippen LogP contribution < -0.4 is 11.1 Å². The molecule has 3 rings (SSSR count). The van der Waals surface area contributed by atoms with Crippen LogP contribution in [0.3, 0.4) is 0 Å². The molecule has 0 radical (unpaired) electrons. The molecule has 0 bridgehead atoms. The topological polar surface area (TPSA) is 78.9 Å². The molecule has 0 aliphatic heterocycles. The fraction of sp³-hybridized carbons (Fsp3) is 0. The van der Waals surface area contributed by atoms with Crippen molar-refractivity contribution in [3.63, 3.8) is 0 Å². The lowest BCUT2D eigenvalue weighted by atomic mass is 10.1. The van der Waals surface area contributed by atoms with Crippen LogP contribution in [0.25, 0.3) is 10.1 Å². The number of carbonyl (C=O) groups is 1. The van der Waals surface area contributed by atoms with E-state index >= 15 is 0 Å². The summed E-state index contributed by atoms with van der Waals surface area (Å²) in [7, 11) is 0. The Kier molecular flexibility index (Phi) is 3.30. The average Bonchev–Trinajstić information content (AvgIpc) is 2.93. The van der Waals surface area contributed by atoms with Crippen molar-refractivity contribution in [2.75, 3.05) is 11.1 Å². The standard InChI is InChI=1S/C16H11N3OS/c17-8-10-7-11(18)5-6-14(10)19-16(20)13-9-21-15-4-2-1-3-12(13)15/h1-7,9H,18H2,(H,19,20). The lowest BCUT2D eigenvalue weighted by Crippen LogP contribution is -2.12. The highest BCUT2D eigenvalue weighted by Crippen LogP contribution is 2.27. The van der Waals surface area contributed by atoms with Gasteiger partial charge in [-0.1, -0.05) is 18.2 Å². The molecule has 0 saturated carbocycles. The first-order valence-electron chi connectivity index (χ1n) is 6.26. The molecule has 0 spiro atoms. The zero-order valence-electron chi connectivity index (χ0n) is 11.0. The molecule has 21 heavy (non-hydrogen) atoms. The number of anilines is 2. The van der Waals surface area contributed by atoms with Crippen LogP contribution in [0.15, 0.2) is 47.8 Å². The Morgan fingerprint density at radius 2 is 2.05 bits per heavy atom. The van der Waals surface area contributed by atoms with Crippen molar-refractivity contribution in [2.45, 2.75) is 0 Å². The molecule has 0 unspecified atom stereocenters. The highest BCUT2D eigenvalue weighted by Gasteiger charge is 2.13. The third-order valence-electron chi connectivity index (χ3n) is 3.14. The second kappa shape index (κ2) is 5.27. The summed E-state index contributed by atoms with van der Waals surface area (Å²) in [5.41, 5.74) is 7.55. The molecule has 3 aromatic rings. The van der Waals surface area contributed by atoms with Crippen LogP contribution in [0.4, 0.5) is 11.4 Å². The van der Waals surface area contributed by atoms with Crippen LogP contribution in [-0.4, -0.2) is 5.91 Å². The van der Waals surface area contributed by atoms with Crippen molar-refractivity contribution in [2.24, 2.45) is 0 Å². The van der Waals surface area contributed by atoms with Crippen LogP contribution in [0.5, 0.6) is 0 Å². The number of nitrogens with zero attached hydrogens (tertiary/aromatic N) is 1. The molecule has 102 valence electrons. The minimum Gasteiger partial charge on any atom is -0.399 e. The minimum absolute atomic E-state index is 0.228. The first kappa shape index (κ1) is 13.2. The second-order valence-corrected chi connectivity index (χ2v) is 5.43. The van der Waals surface area contributed by atoms with E-state index in [1.165, 1.54) is 11.3 Å². The first-order valence-corrected chi connectivity index (χ1v) is 7.14. The Morgan fingerprint density at radius 3 is 2.86 bits per heavy atom. The highest BCUT2D eigenvalue weighted by molar-refractivity contribution is 7.17. The normalized spacial score (nSPS) is 10.2. The Hall–Kier alpha value is -2.84. The van der Waals surface area contributed by atoms with Crippen LogP contribution in [-0.2, 0) is 0 Å². The van der Waals surface area contributed by atoms with Crippen molar-refractivity contribution >= 4 is 38.7 Å². The maximum absolute atomic E-state index is 12.4. The van der Waals surface area contributed by atoms with E-state index in [9.17, 15) is 4.79 Å². The van der Waals surface area contributed by atoms with Gasteiger partial charge in [0.15, 0.2) is 0 Å². The van der Waals surface area contributed by atoms with E-state index in [1.54, 1.807) is 18.2 Å². The summed E-state index contributed by atoms with van der Waals surface area (Å²) in [5, 5.41) is 14.6. The van der Waals surface area contributed by atoms with Crippen molar-refractivity contribution in [1.82, 2.24) is 0 Å². The second-order valence-electron chi connectivity index (χ2n) is 4.52. The smallest absolute Gasteiger partial charge is 0.257 e. The molecule has 5 heteroatoms. The van der Waals surface area contributed by atoms with Crippen molar-refractivity contribution in [3.8, 4) is 6.07 Å². The summed E-state index contributed by atoms with van der Waals surface area (Å²) >= 11 is 1.52. The average molecular weight is 293 g/mol. The predicted octanol–water partition coefficient (Wildman–Crippen LogP) is 3.61. The Labute approximate surface area is 125 Å². The number of carbonyl (C=O) groups excluding carboxylic acids is 1. The number of nitriles is 1. The van der Waals surface area contributed by atoms with Gasteiger partial charge in [0.25, 0.3) is 5.91 Å². The van der Waals surface area contributed by atoms with Crippen molar-refractivity contribution < 1.29 is 4.79 Å². The number of hydrogen-bond acceptors (Lipinski definition) is 4. The number of amides is 1. The van der Waals surface area contributed by atoms with Gasteiger partial charge in [0.05, 0.1) is 16.8 Å². The largest absolute Gasteiger partial charge is 0.399 e. The molecule has 0 atom stereocenters. The molecule has 0 aliphatic carbocycles. The Balaban J connectivity index is 1.96. The maximum atomic E-state index is 12.4. The predicted molar refractivity (Wildman–Crippen MR) is 85.3 cm³/mol. The Morgan fingerprint density at radius 1 is 1.24 bits per heavy atom. The fourth-order valence-corrected chi connectivity index (χ4v) is 3.05. The van der Waals surface area contributed by atoms with Gasteiger partial charge in [-0.15, -0.1) is 11.3 Å². The van der Waals surface area contributed by atoms with Gasteiger partial charge in [-0.2, -0.15) is 5.26 Å². The molecular formula is C16H11N3OS. The first-order chi connectivity index (χ1) is 10.2. The quantitative estimate of drug-likeness (QED) is 0.708. The lowest BCUT2D eigenvalue weighted by Gasteiger charge is -2.07. The molecule has 1 heterocycles. The molecule has 4 nitrogen and oxygen atoms in total. The molecule has 2 aromatic carbocycles. The lowest BCUT2D eigenvalue weighted by molar-refractivity contribution is 0.102. The summed E-state index contributed by atoms with van der Waals surface area (Å²) < 4.78 is 1.06. The number of rotatable bonds is 2. The third kappa shape index (κ3) is 2.45. The van der Waals surface area contributed by atoms with E-state index in [1.807, 2.05) is 35.7 Å². The number of hydrogen-bond donors (Lipinski definition) is 2. The Bertz CT molecular complexity index is 877. The maximum Gasteiger partial charge on any atom is 0.257 e. The zero-order valence-corrected chi connectivity index (χ0v) is 11.8. The van der Waals surface area contributed by atoms with Crippen LogP contribution >= 0.6 is 11.3 Å². The van der Waals surface area contributed by atoms with Crippen LogP contribution in [0.2, 0.25) is 0 Å². The SMILES string of the molecule is N#Cc1cc(N)ccc1NC(=O)c1csc2ccccc12. The summed E-state index contributed by atoms with van der Waals surface area (Å²) in [5.74, 6) is -0.228. The molecule has 1 amide bonds. The highest BCUT2D eigenvalue weighted by atomic mass is 32.1. The van der Waals surface area contributed by atoms with E-state index in [0.717, 1.165) is 10.1 Å². The number of nitrogen functional groups attached to an aromatic ring is 1. The fourth-order valence-electron chi connectivity index (χ4n) is 2.11. The molecule has 0 saturated heterocycles.